The topological polar surface area (TPSA) is 39.1 Å². The summed E-state index contributed by atoms with van der Waals surface area (Å²) in [5.41, 5.74) is 2.35. The maximum absolute atomic E-state index is 5.41. The second kappa shape index (κ2) is 5.58. The first-order valence-corrected chi connectivity index (χ1v) is 6.15. The molecule has 2 rings (SSSR count). The Balaban J connectivity index is 1.93. The molecule has 0 saturated heterocycles. The standard InChI is InChI=1S/C14H19N3O/c1-4-18-13-7-5-12(6-8-13)10-15-14-9-11(2)17(3)16-14/h5-9H,4,10H2,1-3H3,(H,15,16). The van der Waals surface area contributed by atoms with Gasteiger partial charge in [0.05, 0.1) is 6.61 Å². The lowest BCUT2D eigenvalue weighted by molar-refractivity contribution is 0.340. The van der Waals surface area contributed by atoms with Crippen LogP contribution in [0, 0.1) is 6.92 Å². The van der Waals surface area contributed by atoms with Crippen LogP contribution in [0.2, 0.25) is 0 Å². The predicted molar refractivity (Wildman–Crippen MR) is 72.9 cm³/mol. The largest absolute Gasteiger partial charge is 0.494 e. The summed E-state index contributed by atoms with van der Waals surface area (Å²) in [4.78, 5) is 0. The Morgan fingerprint density at radius 2 is 2.00 bits per heavy atom. The molecule has 1 aromatic heterocycles. The smallest absolute Gasteiger partial charge is 0.148 e. The van der Waals surface area contributed by atoms with Crippen molar-refractivity contribution in [3.63, 3.8) is 0 Å². The highest BCUT2D eigenvalue weighted by molar-refractivity contribution is 5.37. The fraction of sp³-hybridized carbons (Fsp3) is 0.357. The lowest BCUT2D eigenvalue weighted by atomic mass is 10.2. The Kier molecular flexibility index (Phi) is 3.87. The van der Waals surface area contributed by atoms with Gasteiger partial charge in [-0.25, -0.2) is 0 Å². The zero-order valence-corrected chi connectivity index (χ0v) is 11.1. The Hall–Kier alpha value is -1.97. The molecule has 0 radical (unpaired) electrons. The number of hydrogen-bond donors (Lipinski definition) is 1. The molecule has 1 heterocycles. The minimum absolute atomic E-state index is 0.699. The fourth-order valence-electron chi connectivity index (χ4n) is 1.71. The first-order valence-electron chi connectivity index (χ1n) is 6.15. The van der Waals surface area contributed by atoms with Crippen molar-refractivity contribution in [3.8, 4) is 5.75 Å². The van der Waals surface area contributed by atoms with Crippen LogP contribution in [-0.4, -0.2) is 16.4 Å². The second-order valence-corrected chi connectivity index (χ2v) is 4.23. The normalized spacial score (nSPS) is 10.4. The van der Waals surface area contributed by atoms with Gasteiger partial charge in [0.2, 0.25) is 0 Å². The van der Waals surface area contributed by atoms with Crippen LogP contribution in [0.3, 0.4) is 0 Å². The van der Waals surface area contributed by atoms with E-state index in [2.05, 4.69) is 22.5 Å². The molecular formula is C14H19N3O. The van der Waals surface area contributed by atoms with Gasteiger partial charge in [-0.3, -0.25) is 4.68 Å². The van der Waals surface area contributed by atoms with Crippen molar-refractivity contribution in [2.45, 2.75) is 20.4 Å². The molecule has 0 aliphatic heterocycles. The van der Waals surface area contributed by atoms with Crippen LogP contribution in [0.4, 0.5) is 5.82 Å². The molecule has 1 N–H and O–H groups in total. The predicted octanol–water partition coefficient (Wildman–Crippen LogP) is 2.74. The summed E-state index contributed by atoms with van der Waals surface area (Å²) in [6.45, 7) is 5.49. The van der Waals surface area contributed by atoms with E-state index in [0.717, 1.165) is 23.8 Å². The minimum Gasteiger partial charge on any atom is -0.494 e. The van der Waals surface area contributed by atoms with Crippen LogP contribution in [-0.2, 0) is 13.6 Å². The first-order chi connectivity index (χ1) is 8.69. The van der Waals surface area contributed by atoms with Gasteiger partial charge < -0.3 is 10.1 Å². The fourth-order valence-corrected chi connectivity index (χ4v) is 1.71. The number of benzene rings is 1. The molecule has 0 aliphatic rings. The van der Waals surface area contributed by atoms with Gasteiger partial charge in [-0.15, -0.1) is 0 Å². The lowest BCUT2D eigenvalue weighted by Crippen LogP contribution is -2.01. The van der Waals surface area contributed by atoms with Crippen LogP contribution in [0.5, 0.6) is 5.75 Å². The molecule has 4 heteroatoms. The minimum atomic E-state index is 0.699. The van der Waals surface area contributed by atoms with E-state index >= 15 is 0 Å². The van der Waals surface area contributed by atoms with E-state index in [9.17, 15) is 0 Å². The highest BCUT2D eigenvalue weighted by Crippen LogP contribution is 2.14. The Bertz CT molecular complexity index is 483. The summed E-state index contributed by atoms with van der Waals surface area (Å²) in [6, 6.07) is 10.1. The molecule has 4 nitrogen and oxygen atoms in total. The number of hydrogen-bond acceptors (Lipinski definition) is 3. The van der Waals surface area contributed by atoms with E-state index in [1.165, 1.54) is 5.56 Å². The van der Waals surface area contributed by atoms with Gasteiger partial charge in [0, 0.05) is 25.4 Å². The Labute approximate surface area is 108 Å². The number of anilines is 1. The molecule has 0 aliphatic carbocycles. The number of aryl methyl sites for hydroxylation is 2. The molecule has 18 heavy (non-hydrogen) atoms. The van der Waals surface area contributed by atoms with Gasteiger partial charge >= 0.3 is 0 Å². The van der Waals surface area contributed by atoms with E-state index in [1.807, 2.05) is 43.8 Å². The second-order valence-electron chi connectivity index (χ2n) is 4.23. The Morgan fingerprint density at radius 3 is 2.56 bits per heavy atom. The monoisotopic (exact) mass is 245 g/mol. The number of rotatable bonds is 5. The van der Waals surface area contributed by atoms with E-state index in [-0.39, 0.29) is 0 Å². The first kappa shape index (κ1) is 12.5. The number of aromatic nitrogens is 2. The third-order valence-electron chi connectivity index (χ3n) is 2.82. The third kappa shape index (κ3) is 3.03. The van der Waals surface area contributed by atoms with Crippen molar-refractivity contribution in [1.82, 2.24) is 9.78 Å². The molecule has 0 spiro atoms. The number of nitrogens with zero attached hydrogens (tertiary/aromatic N) is 2. The maximum Gasteiger partial charge on any atom is 0.148 e. The van der Waals surface area contributed by atoms with Crippen molar-refractivity contribution in [2.75, 3.05) is 11.9 Å². The molecular weight excluding hydrogens is 226 g/mol. The van der Waals surface area contributed by atoms with Gasteiger partial charge in [0.25, 0.3) is 0 Å². The van der Waals surface area contributed by atoms with Crippen molar-refractivity contribution >= 4 is 5.82 Å². The lowest BCUT2D eigenvalue weighted by Gasteiger charge is -2.05. The summed E-state index contributed by atoms with van der Waals surface area (Å²) in [7, 11) is 1.94. The Morgan fingerprint density at radius 1 is 1.28 bits per heavy atom. The average molecular weight is 245 g/mol. The van der Waals surface area contributed by atoms with E-state index in [1.54, 1.807) is 0 Å². The van der Waals surface area contributed by atoms with Crippen molar-refractivity contribution < 1.29 is 4.74 Å². The summed E-state index contributed by atoms with van der Waals surface area (Å²) in [6.07, 6.45) is 0. The van der Waals surface area contributed by atoms with E-state index in [0.29, 0.717) is 6.61 Å². The highest BCUT2D eigenvalue weighted by atomic mass is 16.5. The van der Waals surface area contributed by atoms with Crippen molar-refractivity contribution in [1.29, 1.82) is 0 Å². The van der Waals surface area contributed by atoms with Crippen molar-refractivity contribution in [3.05, 3.63) is 41.6 Å². The van der Waals surface area contributed by atoms with E-state index < -0.39 is 0 Å². The van der Waals surface area contributed by atoms with Crippen LogP contribution in [0.1, 0.15) is 18.2 Å². The van der Waals surface area contributed by atoms with Crippen molar-refractivity contribution in [2.24, 2.45) is 7.05 Å². The molecule has 0 amide bonds. The van der Waals surface area contributed by atoms with Crippen LogP contribution in [0.15, 0.2) is 30.3 Å². The quantitative estimate of drug-likeness (QED) is 0.880. The van der Waals surface area contributed by atoms with Gasteiger partial charge in [0.15, 0.2) is 0 Å². The molecule has 96 valence electrons. The van der Waals surface area contributed by atoms with Crippen LogP contribution >= 0.6 is 0 Å². The number of nitrogens with one attached hydrogen (secondary N) is 1. The maximum atomic E-state index is 5.41. The highest BCUT2D eigenvalue weighted by Gasteiger charge is 2.00. The zero-order chi connectivity index (χ0) is 13.0. The van der Waals surface area contributed by atoms with Gasteiger partial charge in [0.1, 0.15) is 11.6 Å². The zero-order valence-electron chi connectivity index (χ0n) is 11.1. The average Bonchev–Trinajstić information content (AvgIpc) is 2.68. The molecule has 0 fully saturated rings. The molecule has 0 saturated carbocycles. The van der Waals surface area contributed by atoms with Gasteiger partial charge in [-0.2, -0.15) is 5.10 Å². The van der Waals surface area contributed by atoms with Crippen LogP contribution in [0.25, 0.3) is 0 Å². The SMILES string of the molecule is CCOc1ccc(CNc2cc(C)n(C)n2)cc1. The molecule has 2 aromatic rings. The van der Waals surface area contributed by atoms with Gasteiger partial charge in [-0.1, -0.05) is 12.1 Å². The molecule has 0 bridgehead atoms. The summed E-state index contributed by atoms with van der Waals surface area (Å²) in [5, 5.41) is 7.65. The number of ether oxygens (including phenoxy) is 1. The summed E-state index contributed by atoms with van der Waals surface area (Å²) in [5.74, 6) is 1.82. The molecule has 1 aromatic carbocycles. The molecule has 0 atom stereocenters. The van der Waals surface area contributed by atoms with E-state index in [4.69, 9.17) is 4.74 Å². The van der Waals surface area contributed by atoms with Crippen LogP contribution < -0.4 is 10.1 Å². The molecule has 0 unspecified atom stereocenters. The third-order valence-corrected chi connectivity index (χ3v) is 2.82. The summed E-state index contributed by atoms with van der Waals surface area (Å²) >= 11 is 0. The summed E-state index contributed by atoms with van der Waals surface area (Å²) < 4.78 is 7.27. The van der Waals surface area contributed by atoms with Gasteiger partial charge in [-0.05, 0) is 31.5 Å².